The third kappa shape index (κ3) is 1.59. The molecule has 0 atom stereocenters. The molecule has 0 heterocycles. The van der Waals surface area contributed by atoms with E-state index in [-0.39, 0.29) is 5.75 Å². The molecular weight excluding hydrogens is 193 g/mol. The van der Waals surface area contributed by atoms with Crippen LogP contribution in [0.25, 0.3) is 0 Å². The molecule has 10 heavy (non-hydrogen) atoms. The van der Waals surface area contributed by atoms with Crippen LogP contribution in [0.15, 0.2) is 24.3 Å². The van der Waals surface area contributed by atoms with Gasteiger partial charge in [-0.2, -0.15) is 0 Å². The van der Waals surface area contributed by atoms with Crippen LogP contribution >= 0.6 is 0 Å². The van der Waals surface area contributed by atoms with Crippen LogP contribution in [0.5, 0.6) is 5.75 Å². The van der Waals surface area contributed by atoms with Gasteiger partial charge in [-0.05, 0) is 0 Å². The van der Waals surface area contributed by atoms with E-state index in [9.17, 15) is 0 Å². The molecule has 0 aliphatic carbocycles. The Hall–Kier alpha value is -0.791. The molecule has 0 saturated carbocycles. The number of rotatable bonds is 1. The summed E-state index contributed by atoms with van der Waals surface area (Å²) in [6, 6.07) is 6.49. The molecule has 1 aromatic rings. The summed E-state index contributed by atoms with van der Waals surface area (Å²) in [5, 5.41) is 16.0. The Balaban J connectivity index is 3.00. The Morgan fingerprint density at radius 3 is 2.20 bits per heavy atom. The van der Waals surface area contributed by atoms with Crippen molar-refractivity contribution >= 4 is 20.6 Å². The van der Waals surface area contributed by atoms with Crippen LogP contribution < -0.4 is 0 Å². The average Bonchev–Trinajstić information content (AvgIpc) is 1.88. The van der Waals surface area contributed by atoms with Crippen molar-refractivity contribution in [3.8, 4) is 5.75 Å². The first-order chi connectivity index (χ1) is 4.70. The van der Waals surface area contributed by atoms with Gasteiger partial charge in [0.15, 0.2) is 0 Å². The predicted molar refractivity (Wildman–Crippen MR) is 40.7 cm³/mol. The average molecular weight is 199 g/mol. The van der Waals surface area contributed by atoms with Crippen molar-refractivity contribution in [3.63, 3.8) is 0 Å². The molecule has 2 nitrogen and oxygen atoms in total. The van der Waals surface area contributed by atoms with Gasteiger partial charge in [0.25, 0.3) is 0 Å². The molecule has 0 saturated heterocycles. The fraction of sp³-hybridized carbons (Fsp3) is 0. The molecule has 1 radical (unpaired) electrons. The molecule has 3 heteroatoms. The first-order valence-electron chi connectivity index (χ1n) is 2.75. The molecule has 1 rings (SSSR count). The molecule has 2 N–H and O–H groups in total. The van der Waals surface area contributed by atoms with Crippen molar-refractivity contribution in [2.24, 2.45) is 0 Å². The Labute approximate surface area is 67.2 Å². The Bertz CT molecular complexity index is 242. The summed E-state index contributed by atoms with van der Waals surface area (Å²) in [5.74, 6) is 0.227. The predicted octanol–water partition coefficient (Wildman–Crippen LogP) is 0.886. The van der Waals surface area contributed by atoms with Crippen molar-refractivity contribution in [3.05, 3.63) is 29.8 Å². The van der Waals surface area contributed by atoms with Crippen molar-refractivity contribution in [1.82, 2.24) is 0 Å². The van der Waals surface area contributed by atoms with Gasteiger partial charge in [-0.3, -0.25) is 0 Å². The second kappa shape index (κ2) is 2.86. The normalized spacial score (nSPS) is 9.20. The quantitative estimate of drug-likeness (QED) is 0.511. The number of hydrogen-bond donors (Lipinski definition) is 2. The first kappa shape index (κ1) is 7.32. The second-order valence-electron chi connectivity index (χ2n) is 1.88. The molecule has 0 aliphatic heterocycles. The summed E-state index contributed by atoms with van der Waals surface area (Å²) in [6.45, 7) is 0. The molecule has 0 unspecified atom stereocenters. The minimum absolute atomic E-state index is 0.227. The van der Waals surface area contributed by atoms with E-state index in [2.05, 4.69) is 16.0 Å². The molecule has 51 valence electrons. The molecule has 0 aromatic heterocycles. The summed E-state index contributed by atoms with van der Waals surface area (Å²) >= 11 is 2.58. The van der Waals surface area contributed by atoms with Gasteiger partial charge >= 0.3 is 66.7 Å². The van der Waals surface area contributed by atoms with Crippen LogP contribution in [0, 0.1) is 5.41 Å². The van der Waals surface area contributed by atoms with E-state index in [4.69, 9.17) is 10.5 Å². The Morgan fingerprint density at radius 2 is 1.80 bits per heavy atom. The fourth-order valence-corrected chi connectivity index (χ4v) is 0.898. The molecule has 0 fully saturated rings. The minimum atomic E-state index is 0.227. The summed E-state index contributed by atoms with van der Waals surface area (Å²) in [4.78, 5) is 0. The van der Waals surface area contributed by atoms with Crippen molar-refractivity contribution in [2.75, 3.05) is 0 Å². The van der Waals surface area contributed by atoms with E-state index in [1.54, 1.807) is 24.3 Å². The zero-order valence-corrected chi connectivity index (χ0v) is 6.88. The first-order valence-corrected chi connectivity index (χ1v) is 3.61. The van der Waals surface area contributed by atoms with Crippen LogP contribution in [0.3, 0.4) is 0 Å². The van der Waals surface area contributed by atoms with Crippen LogP contribution in [-0.2, 0) is 0 Å². The van der Waals surface area contributed by atoms with Gasteiger partial charge in [0.1, 0.15) is 0 Å². The molecule has 0 spiro atoms. The fourth-order valence-electron chi connectivity index (χ4n) is 0.613. The SMILES string of the molecule is N=C([Se])c1ccc(O)cc1. The molecule has 0 aliphatic rings. The number of hydrogen-bond acceptors (Lipinski definition) is 2. The van der Waals surface area contributed by atoms with Gasteiger partial charge in [0.2, 0.25) is 0 Å². The van der Waals surface area contributed by atoms with Crippen molar-refractivity contribution in [1.29, 1.82) is 5.41 Å². The third-order valence-electron chi connectivity index (χ3n) is 1.13. The second-order valence-corrected chi connectivity index (χ2v) is 2.73. The maximum absolute atomic E-state index is 8.86. The van der Waals surface area contributed by atoms with E-state index in [1.807, 2.05) is 0 Å². The van der Waals surface area contributed by atoms with Gasteiger partial charge in [-0.25, -0.2) is 0 Å². The van der Waals surface area contributed by atoms with E-state index < -0.39 is 0 Å². The summed E-state index contributed by atoms with van der Waals surface area (Å²) in [6.07, 6.45) is 0. The molecule has 0 amide bonds. The van der Waals surface area contributed by atoms with E-state index >= 15 is 0 Å². The maximum atomic E-state index is 8.86. The Kier molecular flexibility index (Phi) is 2.09. The van der Waals surface area contributed by atoms with Crippen LogP contribution in [-0.4, -0.2) is 25.7 Å². The van der Waals surface area contributed by atoms with Crippen LogP contribution in [0.1, 0.15) is 5.56 Å². The van der Waals surface area contributed by atoms with E-state index in [0.717, 1.165) is 5.56 Å². The van der Waals surface area contributed by atoms with Crippen LogP contribution in [0.2, 0.25) is 0 Å². The van der Waals surface area contributed by atoms with Gasteiger partial charge < -0.3 is 0 Å². The topological polar surface area (TPSA) is 44.1 Å². The van der Waals surface area contributed by atoms with Gasteiger partial charge in [-0.1, -0.05) is 0 Å². The van der Waals surface area contributed by atoms with Crippen molar-refractivity contribution < 1.29 is 5.11 Å². The standard InChI is InChI=1S/C7H6NOSe/c8-7(10)5-1-3-6(9)4-2-5/h1-4,8-9H. The number of aromatic hydroxyl groups is 1. The Morgan fingerprint density at radius 1 is 1.30 bits per heavy atom. The molecule has 0 bridgehead atoms. The summed E-state index contributed by atoms with van der Waals surface area (Å²) in [5.41, 5.74) is 0.790. The number of nitrogens with one attached hydrogen (secondary N) is 1. The number of benzene rings is 1. The monoisotopic (exact) mass is 200 g/mol. The zero-order chi connectivity index (χ0) is 7.56. The van der Waals surface area contributed by atoms with Gasteiger partial charge in [0.05, 0.1) is 0 Å². The summed E-state index contributed by atoms with van der Waals surface area (Å²) < 4.78 is 0.389. The van der Waals surface area contributed by atoms with Gasteiger partial charge in [-0.15, -0.1) is 0 Å². The van der Waals surface area contributed by atoms with Crippen LogP contribution in [0.4, 0.5) is 0 Å². The van der Waals surface area contributed by atoms with Crippen molar-refractivity contribution in [2.45, 2.75) is 0 Å². The molecular formula is C7H6NOSe. The van der Waals surface area contributed by atoms with E-state index in [0.29, 0.717) is 4.61 Å². The molecule has 1 aromatic carbocycles. The van der Waals surface area contributed by atoms with E-state index in [1.165, 1.54) is 0 Å². The third-order valence-corrected chi connectivity index (χ3v) is 1.62. The number of phenolic OH excluding ortho intramolecular Hbond substituents is 1. The summed E-state index contributed by atoms with van der Waals surface area (Å²) in [7, 11) is 0. The van der Waals surface area contributed by atoms with Gasteiger partial charge in [0, 0.05) is 0 Å². The number of phenols is 1. The zero-order valence-electron chi connectivity index (χ0n) is 5.16.